The lowest BCUT2D eigenvalue weighted by atomic mass is 10.0. The molecule has 0 radical (unpaired) electrons. The summed E-state index contributed by atoms with van der Waals surface area (Å²) in [5, 5.41) is 9.71. The fourth-order valence-electron chi connectivity index (χ4n) is 2.99. The van der Waals surface area contributed by atoms with E-state index in [0.717, 1.165) is 16.5 Å². The van der Waals surface area contributed by atoms with Crippen LogP contribution in [0.4, 0.5) is 0 Å². The lowest BCUT2D eigenvalue weighted by Crippen LogP contribution is -2.22. The number of aryl methyl sites for hydroxylation is 1. The van der Waals surface area contributed by atoms with Crippen LogP contribution in [0.3, 0.4) is 0 Å². The molecule has 7 heteroatoms. The van der Waals surface area contributed by atoms with E-state index in [-0.39, 0.29) is 17.9 Å². The van der Waals surface area contributed by atoms with Gasteiger partial charge in [-0.15, -0.1) is 0 Å². The summed E-state index contributed by atoms with van der Waals surface area (Å²) in [6.45, 7) is 1.75. The van der Waals surface area contributed by atoms with Crippen LogP contribution in [0.25, 0.3) is 27.8 Å². The highest BCUT2D eigenvalue weighted by Gasteiger charge is 2.15. The molecule has 4 aromatic rings. The number of benzene rings is 2. The average molecular weight is 360 g/mol. The van der Waals surface area contributed by atoms with E-state index in [4.69, 9.17) is 10.3 Å². The topological polar surface area (TPSA) is 104 Å². The van der Waals surface area contributed by atoms with Crippen molar-refractivity contribution in [1.82, 2.24) is 14.9 Å². The highest BCUT2D eigenvalue weighted by atomic mass is 16.5. The van der Waals surface area contributed by atoms with Crippen LogP contribution in [-0.2, 0) is 11.2 Å². The van der Waals surface area contributed by atoms with Gasteiger partial charge in [-0.05, 0) is 18.6 Å². The van der Waals surface area contributed by atoms with E-state index in [1.807, 2.05) is 42.5 Å². The standard InChI is InChI=1S/C20H16N4O3/c1-12-10-18(23-27-12)24-20(26)16-5-3-2-4-15(16)19(22-24)14-8-6-13(7-9-14)11-17(21)25/h2-10H,11H2,1H3,(H2,21,25). The van der Waals surface area contributed by atoms with Crippen molar-refractivity contribution in [2.75, 3.05) is 0 Å². The molecule has 7 nitrogen and oxygen atoms in total. The first-order chi connectivity index (χ1) is 13.0. The molecule has 0 aliphatic heterocycles. The molecule has 0 aliphatic rings. The smallest absolute Gasteiger partial charge is 0.280 e. The molecular formula is C20H16N4O3. The Morgan fingerprint density at radius 1 is 1.11 bits per heavy atom. The molecule has 0 fully saturated rings. The number of carbonyl (C=O) groups is 1. The van der Waals surface area contributed by atoms with Crippen molar-refractivity contribution in [3.05, 3.63) is 76.3 Å². The van der Waals surface area contributed by atoms with Gasteiger partial charge >= 0.3 is 0 Å². The Labute approximate surface area is 154 Å². The molecule has 0 saturated heterocycles. The fourth-order valence-corrected chi connectivity index (χ4v) is 2.99. The molecule has 134 valence electrons. The van der Waals surface area contributed by atoms with Crippen molar-refractivity contribution in [3.63, 3.8) is 0 Å². The third-order valence-electron chi connectivity index (χ3n) is 4.24. The van der Waals surface area contributed by atoms with Crippen LogP contribution >= 0.6 is 0 Å². The zero-order valence-electron chi connectivity index (χ0n) is 14.5. The number of hydrogen-bond donors (Lipinski definition) is 1. The van der Waals surface area contributed by atoms with Crippen LogP contribution in [0.15, 0.2) is 63.9 Å². The summed E-state index contributed by atoms with van der Waals surface area (Å²) in [6.07, 6.45) is 0.173. The Balaban J connectivity index is 1.93. The molecule has 4 rings (SSSR count). The SMILES string of the molecule is Cc1cc(-n2nc(-c3ccc(CC(N)=O)cc3)c3ccccc3c2=O)no1. The average Bonchev–Trinajstić information content (AvgIpc) is 3.09. The van der Waals surface area contributed by atoms with Crippen molar-refractivity contribution in [1.29, 1.82) is 0 Å². The van der Waals surface area contributed by atoms with Crippen LogP contribution in [-0.4, -0.2) is 20.8 Å². The molecule has 2 aromatic heterocycles. The quantitative estimate of drug-likeness (QED) is 0.602. The van der Waals surface area contributed by atoms with Gasteiger partial charge in [0.25, 0.3) is 5.56 Å². The first-order valence-corrected chi connectivity index (χ1v) is 8.36. The predicted octanol–water partition coefficient (Wildman–Crippen LogP) is 2.38. The molecular weight excluding hydrogens is 344 g/mol. The molecule has 0 bridgehead atoms. The lowest BCUT2D eigenvalue weighted by Gasteiger charge is -2.10. The highest BCUT2D eigenvalue weighted by Crippen LogP contribution is 2.25. The Kier molecular flexibility index (Phi) is 4.04. The van der Waals surface area contributed by atoms with Crippen molar-refractivity contribution in [2.24, 2.45) is 5.73 Å². The van der Waals surface area contributed by atoms with Crippen LogP contribution < -0.4 is 11.3 Å². The van der Waals surface area contributed by atoms with E-state index in [0.29, 0.717) is 22.7 Å². The summed E-state index contributed by atoms with van der Waals surface area (Å²) in [5.74, 6) is 0.528. The van der Waals surface area contributed by atoms with Gasteiger partial charge in [-0.1, -0.05) is 47.6 Å². The molecule has 0 spiro atoms. The van der Waals surface area contributed by atoms with Gasteiger partial charge in [0, 0.05) is 17.0 Å². The molecule has 2 N–H and O–H groups in total. The zero-order valence-corrected chi connectivity index (χ0v) is 14.5. The number of primary amides is 1. The van der Waals surface area contributed by atoms with Gasteiger partial charge in [-0.2, -0.15) is 9.78 Å². The molecule has 0 atom stereocenters. The number of amides is 1. The first kappa shape index (κ1) is 16.7. The van der Waals surface area contributed by atoms with Crippen molar-refractivity contribution in [3.8, 4) is 17.1 Å². The Hall–Kier alpha value is -3.74. The van der Waals surface area contributed by atoms with Crippen molar-refractivity contribution < 1.29 is 9.32 Å². The van der Waals surface area contributed by atoms with E-state index in [1.54, 1.807) is 19.1 Å². The number of nitrogens with two attached hydrogens (primary N) is 1. The third kappa shape index (κ3) is 3.10. The summed E-state index contributed by atoms with van der Waals surface area (Å²) in [4.78, 5) is 24.0. The summed E-state index contributed by atoms with van der Waals surface area (Å²) in [5.41, 5.74) is 7.24. The van der Waals surface area contributed by atoms with E-state index >= 15 is 0 Å². The van der Waals surface area contributed by atoms with Crippen LogP contribution in [0.2, 0.25) is 0 Å². The molecule has 2 heterocycles. The number of rotatable bonds is 4. The Morgan fingerprint density at radius 2 is 1.81 bits per heavy atom. The summed E-state index contributed by atoms with van der Waals surface area (Å²) in [7, 11) is 0. The molecule has 0 aliphatic carbocycles. The van der Waals surface area contributed by atoms with Gasteiger partial charge in [0.15, 0.2) is 5.82 Å². The fraction of sp³-hybridized carbons (Fsp3) is 0.100. The van der Waals surface area contributed by atoms with Crippen LogP contribution in [0.1, 0.15) is 11.3 Å². The normalized spacial score (nSPS) is 11.0. The third-order valence-corrected chi connectivity index (χ3v) is 4.24. The Bertz CT molecular complexity index is 1210. The second-order valence-corrected chi connectivity index (χ2v) is 6.25. The van der Waals surface area contributed by atoms with E-state index in [2.05, 4.69) is 10.3 Å². The zero-order chi connectivity index (χ0) is 19.0. The second kappa shape index (κ2) is 6.53. The summed E-state index contributed by atoms with van der Waals surface area (Å²) >= 11 is 0. The second-order valence-electron chi connectivity index (χ2n) is 6.25. The maximum absolute atomic E-state index is 12.9. The van der Waals surface area contributed by atoms with Gasteiger partial charge in [-0.3, -0.25) is 9.59 Å². The maximum Gasteiger partial charge on any atom is 0.280 e. The molecule has 2 aromatic carbocycles. The number of aromatic nitrogens is 3. The number of fused-ring (bicyclic) bond motifs is 1. The number of carbonyl (C=O) groups excluding carboxylic acids is 1. The van der Waals surface area contributed by atoms with Gasteiger partial charge in [0.1, 0.15) is 5.76 Å². The molecule has 0 saturated carbocycles. The van der Waals surface area contributed by atoms with E-state index in [1.165, 1.54) is 4.68 Å². The lowest BCUT2D eigenvalue weighted by molar-refractivity contribution is -0.117. The Morgan fingerprint density at radius 3 is 2.44 bits per heavy atom. The number of hydrogen-bond acceptors (Lipinski definition) is 5. The number of nitrogens with zero attached hydrogens (tertiary/aromatic N) is 3. The van der Waals surface area contributed by atoms with Crippen LogP contribution in [0.5, 0.6) is 0 Å². The van der Waals surface area contributed by atoms with E-state index in [9.17, 15) is 9.59 Å². The predicted molar refractivity (Wildman–Crippen MR) is 100 cm³/mol. The van der Waals surface area contributed by atoms with E-state index < -0.39 is 0 Å². The summed E-state index contributed by atoms with van der Waals surface area (Å²) < 4.78 is 6.33. The highest BCUT2D eigenvalue weighted by molar-refractivity contribution is 5.94. The maximum atomic E-state index is 12.9. The first-order valence-electron chi connectivity index (χ1n) is 8.36. The van der Waals surface area contributed by atoms with Gasteiger partial charge in [0.2, 0.25) is 5.91 Å². The minimum absolute atomic E-state index is 0.173. The molecule has 1 amide bonds. The minimum Gasteiger partial charge on any atom is -0.369 e. The molecule has 0 unspecified atom stereocenters. The van der Waals surface area contributed by atoms with Gasteiger partial charge in [0.05, 0.1) is 17.5 Å². The van der Waals surface area contributed by atoms with Gasteiger partial charge < -0.3 is 10.3 Å². The largest absolute Gasteiger partial charge is 0.369 e. The minimum atomic E-state index is -0.388. The monoisotopic (exact) mass is 360 g/mol. The summed E-state index contributed by atoms with van der Waals surface area (Å²) in [6, 6.07) is 16.3. The van der Waals surface area contributed by atoms with Crippen LogP contribution in [0, 0.1) is 6.92 Å². The van der Waals surface area contributed by atoms with Crippen molar-refractivity contribution in [2.45, 2.75) is 13.3 Å². The van der Waals surface area contributed by atoms with Crippen molar-refractivity contribution >= 4 is 16.7 Å². The van der Waals surface area contributed by atoms with Gasteiger partial charge in [-0.25, -0.2) is 0 Å². The molecule has 27 heavy (non-hydrogen) atoms.